The van der Waals surface area contributed by atoms with Crippen LogP contribution in [0.4, 0.5) is 8.78 Å². The van der Waals surface area contributed by atoms with Crippen molar-refractivity contribution < 1.29 is 13.6 Å². The van der Waals surface area contributed by atoms with Gasteiger partial charge < -0.3 is 4.84 Å². The lowest BCUT2D eigenvalue weighted by Crippen LogP contribution is -2.06. The van der Waals surface area contributed by atoms with Crippen LogP contribution in [0.25, 0.3) is 0 Å². The minimum atomic E-state index is -0.884. The van der Waals surface area contributed by atoms with E-state index >= 15 is 0 Å². The molecule has 0 heterocycles. The molecule has 1 rings (SSSR count). The Kier molecular flexibility index (Phi) is 3.99. The van der Waals surface area contributed by atoms with Crippen molar-refractivity contribution in [3.63, 3.8) is 0 Å². The van der Waals surface area contributed by atoms with Gasteiger partial charge in [-0.2, -0.15) is 0 Å². The number of halogens is 2. The van der Waals surface area contributed by atoms with Gasteiger partial charge in [-0.3, -0.25) is 0 Å². The lowest BCUT2D eigenvalue weighted by Gasteiger charge is -2.08. The van der Waals surface area contributed by atoms with E-state index < -0.39 is 11.6 Å². The molecule has 0 atom stereocenters. The quantitative estimate of drug-likeness (QED) is 0.572. The summed E-state index contributed by atoms with van der Waals surface area (Å²) in [7, 11) is 0. The first-order valence-corrected chi connectivity index (χ1v) is 4.91. The standard InChI is InChI=1S/C12H14F2NO/c1-12(2,3)8-15-16-7-9-4-5-10(13)11(14)6-9/h4-6H,7H2,1-3H3. The molecule has 87 valence electrons. The van der Waals surface area contributed by atoms with Crippen LogP contribution in [0.15, 0.2) is 23.4 Å². The second-order valence-electron chi connectivity index (χ2n) is 4.47. The van der Waals surface area contributed by atoms with E-state index in [1.54, 1.807) is 0 Å². The normalized spacial score (nSPS) is 12.1. The molecule has 0 spiro atoms. The van der Waals surface area contributed by atoms with Gasteiger partial charge in [-0.15, -0.1) is 0 Å². The molecule has 0 aliphatic rings. The fraction of sp³-hybridized carbons (Fsp3) is 0.417. The maximum atomic E-state index is 12.8. The first kappa shape index (κ1) is 12.6. The van der Waals surface area contributed by atoms with E-state index in [1.165, 1.54) is 6.07 Å². The lowest BCUT2D eigenvalue weighted by molar-refractivity contribution is 0.129. The summed E-state index contributed by atoms with van der Waals surface area (Å²) in [4.78, 5) is 4.92. The Morgan fingerprint density at radius 1 is 1.25 bits per heavy atom. The molecule has 16 heavy (non-hydrogen) atoms. The fourth-order valence-corrected chi connectivity index (χ4v) is 0.905. The molecule has 0 amide bonds. The molecule has 0 saturated heterocycles. The minimum Gasteiger partial charge on any atom is -0.391 e. The van der Waals surface area contributed by atoms with E-state index in [9.17, 15) is 8.78 Å². The molecular weight excluding hydrogens is 212 g/mol. The molecule has 1 aromatic rings. The van der Waals surface area contributed by atoms with Crippen molar-refractivity contribution in [1.29, 1.82) is 0 Å². The third-order valence-corrected chi connectivity index (χ3v) is 1.66. The van der Waals surface area contributed by atoms with Crippen molar-refractivity contribution in [3.05, 3.63) is 35.4 Å². The average molecular weight is 226 g/mol. The zero-order valence-corrected chi connectivity index (χ0v) is 9.55. The van der Waals surface area contributed by atoms with E-state index in [0.29, 0.717) is 5.56 Å². The van der Waals surface area contributed by atoms with E-state index in [4.69, 9.17) is 4.84 Å². The largest absolute Gasteiger partial charge is 0.391 e. The van der Waals surface area contributed by atoms with Gasteiger partial charge in [0.25, 0.3) is 0 Å². The summed E-state index contributed by atoms with van der Waals surface area (Å²) < 4.78 is 25.4. The van der Waals surface area contributed by atoms with Crippen LogP contribution in [0.5, 0.6) is 0 Å². The molecule has 1 aromatic carbocycles. The van der Waals surface area contributed by atoms with Crippen LogP contribution in [0.2, 0.25) is 0 Å². The summed E-state index contributed by atoms with van der Waals surface area (Å²) in [6.45, 7) is 5.88. The molecule has 2 nitrogen and oxygen atoms in total. The summed E-state index contributed by atoms with van der Waals surface area (Å²) in [6, 6.07) is 3.60. The maximum absolute atomic E-state index is 12.8. The molecule has 0 bridgehead atoms. The molecule has 4 heteroatoms. The predicted molar refractivity (Wildman–Crippen MR) is 58.0 cm³/mol. The molecular formula is C12H14F2NO. The monoisotopic (exact) mass is 226 g/mol. The summed E-state index contributed by atoms with van der Waals surface area (Å²) in [5, 5.41) is 3.62. The maximum Gasteiger partial charge on any atom is 0.159 e. The number of nitrogens with zero attached hydrogens (tertiary/aromatic N) is 1. The molecule has 0 N–H and O–H groups in total. The van der Waals surface area contributed by atoms with Crippen molar-refractivity contribution in [2.75, 3.05) is 0 Å². The second-order valence-corrected chi connectivity index (χ2v) is 4.47. The Balaban J connectivity index is 2.50. The topological polar surface area (TPSA) is 21.6 Å². The van der Waals surface area contributed by atoms with Crippen LogP contribution in [0, 0.1) is 17.0 Å². The van der Waals surface area contributed by atoms with E-state index in [2.05, 4.69) is 11.4 Å². The number of rotatable bonds is 3. The highest BCUT2D eigenvalue weighted by atomic mass is 19.2. The molecule has 0 fully saturated rings. The first-order chi connectivity index (χ1) is 7.38. The zero-order valence-electron chi connectivity index (χ0n) is 9.55. The summed E-state index contributed by atoms with van der Waals surface area (Å²) in [5.74, 6) is -1.75. The highest BCUT2D eigenvalue weighted by Gasteiger charge is 2.07. The molecule has 0 aliphatic carbocycles. The number of benzene rings is 1. The number of hydrogen-bond acceptors (Lipinski definition) is 2. The van der Waals surface area contributed by atoms with Gasteiger partial charge in [0, 0.05) is 5.41 Å². The van der Waals surface area contributed by atoms with Crippen LogP contribution in [0.3, 0.4) is 0 Å². The van der Waals surface area contributed by atoms with Crippen molar-refractivity contribution >= 4 is 6.21 Å². The van der Waals surface area contributed by atoms with Gasteiger partial charge in [-0.1, -0.05) is 32.0 Å². The lowest BCUT2D eigenvalue weighted by atomic mass is 10.00. The molecule has 1 radical (unpaired) electrons. The van der Waals surface area contributed by atoms with Crippen LogP contribution in [-0.2, 0) is 11.4 Å². The van der Waals surface area contributed by atoms with Crippen molar-refractivity contribution in [2.24, 2.45) is 10.6 Å². The van der Waals surface area contributed by atoms with Crippen LogP contribution >= 0.6 is 0 Å². The zero-order chi connectivity index (χ0) is 12.2. The van der Waals surface area contributed by atoms with E-state index in [-0.39, 0.29) is 12.0 Å². The Hall–Kier alpha value is -1.45. The van der Waals surface area contributed by atoms with Crippen LogP contribution in [0.1, 0.15) is 26.3 Å². The highest BCUT2D eigenvalue weighted by Crippen LogP contribution is 2.11. The summed E-state index contributed by atoms with van der Waals surface area (Å²) in [5.41, 5.74) is 0.340. The van der Waals surface area contributed by atoms with Gasteiger partial charge >= 0.3 is 0 Å². The van der Waals surface area contributed by atoms with E-state index in [0.717, 1.165) is 12.1 Å². The van der Waals surface area contributed by atoms with Crippen molar-refractivity contribution in [1.82, 2.24) is 0 Å². The van der Waals surface area contributed by atoms with Gasteiger partial charge in [0.15, 0.2) is 11.6 Å². The summed E-state index contributed by atoms with van der Waals surface area (Å²) in [6.07, 6.45) is 2.75. The van der Waals surface area contributed by atoms with Crippen molar-refractivity contribution in [3.8, 4) is 0 Å². The second kappa shape index (κ2) is 5.05. The Labute approximate surface area is 93.9 Å². The SMILES string of the molecule is CC(C)(C)/[C]=N\OCc1ccc(F)c(F)c1. The third kappa shape index (κ3) is 4.38. The van der Waals surface area contributed by atoms with Gasteiger partial charge in [-0.05, 0) is 17.7 Å². The smallest absolute Gasteiger partial charge is 0.159 e. The Bertz CT molecular complexity index is 383. The van der Waals surface area contributed by atoms with Crippen LogP contribution < -0.4 is 0 Å². The van der Waals surface area contributed by atoms with E-state index in [1.807, 2.05) is 20.8 Å². The van der Waals surface area contributed by atoms with Gasteiger partial charge in [0.1, 0.15) is 12.8 Å². The Morgan fingerprint density at radius 2 is 1.94 bits per heavy atom. The average Bonchev–Trinajstić information content (AvgIpc) is 2.17. The third-order valence-electron chi connectivity index (χ3n) is 1.66. The van der Waals surface area contributed by atoms with Gasteiger partial charge in [0.05, 0.1) is 0 Å². The van der Waals surface area contributed by atoms with Gasteiger partial charge in [0.2, 0.25) is 0 Å². The van der Waals surface area contributed by atoms with Crippen molar-refractivity contribution in [2.45, 2.75) is 27.4 Å². The van der Waals surface area contributed by atoms with Crippen LogP contribution in [-0.4, -0.2) is 6.21 Å². The fourth-order valence-electron chi connectivity index (χ4n) is 0.905. The number of hydrogen-bond donors (Lipinski definition) is 0. The molecule has 0 aliphatic heterocycles. The Morgan fingerprint density at radius 3 is 2.50 bits per heavy atom. The molecule has 0 unspecified atom stereocenters. The predicted octanol–water partition coefficient (Wildman–Crippen LogP) is 3.39. The minimum absolute atomic E-state index is 0.0975. The molecule has 0 saturated carbocycles. The highest BCUT2D eigenvalue weighted by molar-refractivity contribution is 5.63. The molecule has 0 aromatic heterocycles. The summed E-state index contributed by atoms with van der Waals surface area (Å²) >= 11 is 0. The van der Waals surface area contributed by atoms with Gasteiger partial charge in [-0.25, -0.2) is 8.78 Å². The first-order valence-electron chi connectivity index (χ1n) is 4.91.